The molecule has 4 aromatic carbocycles. The first-order valence-corrected chi connectivity index (χ1v) is 28.5. The minimum absolute atomic E-state index is 0.0187. The highest BCUT2D eigenvalue weighted by Crippen LogP contribution is 2.43. The number of quaternary nitrogens is 1. The van der Waals surface area contributed by atoms with Gasteiger partial charge in [-0.05, 0) is 85.1 Å². The van der Waals surface area contributed by atoms with Crippen LogP contribution in [0.25, 0.3) is 0 Å². The predicted octanol–water partition coefficient (Wildman–Crippen LogP) is 6.80. The molecule has 80 heavy (non-hydrogen) atoms. The number of fused-ring (bicyclic) bond motifs is 1. The molecule has 0 bridgehead atoms. The molecule has 3 saturated heterocycles. The van der Waals surface area contributed by atoms with Crippen molar-refractivity contribution in [1.29, 1.82) is 0 Å². The van der Waals surface area contributed by atoms with Crippen LogP contribution in [0.5, 0.6) is 28.7 Å². The standard InChI is InChI=1S/C57H62BClN6O13S2/c1-34(56(69)77-58)78-62-48(47-51(59)80-35(2)60-47)52(66)61-49-54(68)64-50(57(70)76-32-38-12-19-44(73-5)20-13-38)40(33-79-55(49)64)29-65(26-6-7-27-65)41-22-24-63(25-23-41)53(67)39-14-21-45(74-30-36-8-15-42(71-3)16-9-36)46(28-39)75-31-37-10-17-43(72-4)18-11-37/h8-21,28,34,41,49,55H,6-7,22-27,29-33,58H2,1-5H3/p+1/b62-48-/t34-,49?,55+/m0/s1. The Hall–Kier alpha value is -7.27. The van der Waals surface area contributed by atoms with E-state index >= 15 is 0 Å². The summed E-state index contributed by atoms with van der Waals surface area (Å²) < 4.78 is 40.3. The number of thiazole rings is 1. The molecule has 5 heterocycles. The van der Waals surface area contributed by atoms with Crippen LogP contribution in [0.15, 0.2) is 107 Å². The minimum Gasteiger partial charge on any atom is -0.541 e. The van der Waals surface area contributed by atoms with E-state index in [1.807, 2.05) is 53.4 Å². The van der Waals surface area contributed by atoms with Crippen LogP contribution < -0.4 is 29.0 Å². The lowest BCUT2D eigenvalue weighted by Gasteiger charge is -2.51. The molecule has 0 spiro atoms. The zero-order valence-corrected chi connectivity index (χ0v) is 47.8. The van der Waals surface area contributed by atoms with Crippen molar-refractivity contribution in [3.05, 3.63) is 140 Å². The number of amides is 3. The minimum atomic E-state index is -1.17. The summed E-state index contributed by atoms with van der Waals surface area (Å²) in [4.78, 5) is 82.8. The molecule has 3 fully saturated rings. The van der Waals surface area contributed by atoms with Gasteiger partial charge in [-0.3, -0.25) is 19.3 Å². The molecular formula is C57H63BClN6O13S2+. The van der Waals surface area contributed by atoms with Crippen molar-refractivity contribution < 1.29 is 66.4 Å². The van der Waals surface area contributed by atoms with Gasteiger partial charge in [0.15, 0.2) is 17.2 Å². The summed E-state index contributed by atoms with van der Waals surface area (Å²) in [5, 5.41) is 6.64. The Balaban J connectivity index is 0.924. The molecular weight excluding hydrogens is 1090 g/mol. The number of benzene rings is 4. The van der Waals surface area contributed by atoms with Gasteiger partial charge in [0.2, 0.25) is 6.10 Å². The molecule has 0 radical (unpaired) electrons. The van der Waals surface area contributed by atoms with E-state index in [4.69, 9.17) is 49.5 Å². The molecule has 3 atom stereocenters. The first-order chi connectivity index (χ1) is 38.7. The Morgan fingerprint density at radius 1 is 0.825 bits per heavy atom. The number of methoxy groups -OCH3 is 3. The third-order valence-corrected chi connectivity index (χ3v) is 17.3. The smallest absolute Gasteiger partial charge is 0.355 e. The fraction of sp³-hybridized carbons (Fsp3) is 0.386. The summed E-state index contributed by atoms with van der Waals surface area (Å²) >= 11 is 9.07. The molecule has 9 rings (SSSR count). The number of nitrogens with zero attached hydrogens (tertiary/aromatic N) is 5. The number of ether oxygens (including phenoxy) is 6. The van der Waals surface area contributed by atoms with E-state index in [9.17, 15) is 24.0 Å². The van der Waals surface area contributed by atoms with E-state index in [1.54, 1.807) is 70.7 Å². The lowest BCUT2D eigenvalue weighted by molar-refractivity contribution is -0.937. The topological polar surface area (TPSA) is 203 Å². The maximum Gasteiger partial charge on any atom is 0.355 e. The number of carbonyl (C=O) groups is 5. The first kappa shape index (κ1) is 57.4. The number of thioether (sulfide) groups is 1. The van der Waals surface area contributed by atoms with Crippen molar-refractivity contribution in [1.82, 2.24) is 20.1 Å². The summed E-state index contributed by atoms with van der Waals surface area (Å²) in [5.41, 5.74) is 3.68. The van der Waals surface area contributed by atoms with Crippen molar-refractivity contribution in [2.45, 2.75) is 82.9 Å². The Morgan fingerprint density at radius 2 is 1.40 bits per heavy atom. The number of piperidine rings is 1. The fourth-order valence-corrected chi connectivity index (χ4v) is 12.9. The Morgan fingerprint density at radius 3 is 1.95 bits per heavy atom. The van der Waals surface area contributed by atoms with E-state index in [0.29, 0.717) is 57.7 Å². The highest BCUT2D eigenvalue weighted by atomic mass is 35.5. The third kappa shape index (κ3) is 13.0. The molecule has 4 aliphatic heterocycles. The van der Waals surface area contributed by atoms with Gasteiger partial charge in [-0.25, -0.2) is 14.6 Å². The molecule has 5 aromatic rings. The molecule has 19 nitrogen and oxygen atoms in total. The summed E-state index contributed by atoms with van der Waals surface area (Å²) in [6.45, 7) is 6.82. The van der Waals surface area contributed by atoms with Crippen LogP contribution in [0, 0.1) is 6.92 Å². The number of carbonyl (C=O) groups excluding carboxylic acids is 5. The van der Waals surface area contributed by atoms with Crippen LogP contribution in [-0.4, -0.2) is 146 Å². The second kappa shape index (κ2) is 25.9. The molecule has 1 N–H and O–H groups in total. The maximum atomic E-state index is 14.6. The fourth-order valence-electron chi connectivity index (χ4n) is 10.5. The van der Waals surface area contributed by atoms with Crippen molar-refractivity contribution in [2.24, 2.45) is 5.16 Å². The van der Waals surface area contributed by atoms with Gasteiger partial charge in [-0.2, -0.15) is 0 Å². The molecule has 1 unspecified atom stereocenters. The monoisotopic (exact) mass is 1150 g/mol. The van der Waals surface area contributed by atoms with Crippen LogP contribution >= 0.6 is 34.7 Å². The number of halogens is 1. The number of rotatable bonds is 22. The number of likely N-dealkylation sites (tertiary alicyclic amines) is 2. The molecule has 0 aliphatic carbocycles. The largest absolute Gasteiger partial charge is 0.541 e. The SMILES string of the molecule is BOC(=O)[C@H](C)O/N=C(\C(=O)NC1C(=O)N2C(C(=O)OCc3ccc(OC)cc3)=C(C[N+]3(C4CCN(C(=O)c5ccc(OCc6ccc(OC)cc6)c(OCc6ccc(OC)cc6)c5)CC4)CCCC3)CS[C@H]12)c1nc(C)sc1Cl. The highest BCUT2D eigenvalue weighted by molar-refractivity contribution is 8.00. The average Bonchev–Trinajstić information content (AvgIpc) is 4.22. The van der Waals surface area contributed by atoms with Gasteiger partial charge in [0.1, 0.15) is 70.8 Å². The van der Waals surface area contributed by atoms with E-state index in [-0.39, 0.29) is 53.2 Å². The number of aromatic nitrogens is 1. The van der Waals surface area contributed by atoms with Gasteiger partial charge in [0.05, 0.1) is 45.5 Å². The zero-order valence-electron chi connectivity index (χ0n) is 45.4. The Bertz CT molecular complexity index is 3130. The number of hydrogen-bond acceptors (Lipinski definition) is 17. The summed E-state index contributed by atoms with van der Waals surface area (Å²) in [6, 6.07) is 26.8. The molecule has 3 amide bonds. The summed E-state index contributed by atoms with van der Waals surface area (Å²) in [6.07, 6.45) is 2.24. The number of nitrogens with one attached hydrogen (secondary N) is 1. The van der Waals surface area contributed by atoms with Gasteiger partial charge in [-0.15, -0.1) is 23.1 Å². The van der Waals surface area contributed by atoms with Crippen LogP contribution in [0.4, 0.5) is 0 Å². The molecule has 1 aromatic heterocycles. The summed E-state index contributed by atoms with van der Waals surface area (Å²) in [7, 11) is 6.01. The summed E-state index contributed by atoms with van der Waals surface area (Å²) in [5.74, 6) is 0.625. The second-order valence-electron chi connectivity index (χ2n) is 19.8. The number of esters is 1. The molecule has 420 valence electrons. The van der Waals surface area contributed by atoms with Crippen LogP contribution in [0.3, 0.4) is 0 Å². The van der Waals surface area contributed by atoms with Gasteiger partial charge in [0.25, 0.3) is 17.7 Å². The van der Waals surface area contributed by atoms with Crippen molar-refractivity contribution in [3.63, 3.8) is 0 Å². The van der Waals surface area contributed by atoms with Gasteiger partial charge in [-0.1, -0.05) is 53.2 Å². The quantitative estimate of drug-likeness (QED) is 0.0189. The highest BCUT2D eigenvalue weighted by Gasteiger charge is 2.56. The van der Waals surface area contributed by atoms with Gasteiger partial charge in [0, 0.05) is 55.7 Å². The van der Waals surface area contributed by atoms with Crippen molar-refractivity contribution >= 4 is 78.1 Å². The first-order valence-electron chi connectivity index (χ1n) is 26.2. The van der Waals surface area contributed by atoms with E-state index in [0.717, 1.165) is 83.9 Å². The normalized spacial score (nSPS) is 18.3. The van der Waals surface area contributed by atoms with Crippen LogP contribution in [-0.2, 0) is 53.2 Å². The number of β-lactam (4-membered cyclic amide) rings is 1. The van der Waals surface area contributed by atoms with E-state index < -0.39 is 41.3 Å². The zero-order chi connectivity index (χ0) is 56.5. The van der Waals surface area contributed by atoms with Crippen LogP contribution in [0.2, 0.25) is 4.34 Å². The maximum absolute atomic E-state index is 14.6. The lowest BCUT2D eigenvalue weighted by atomic mass is 9.97. The van der Waals surface area contributed by atoms with Gasteiger partial charge < -0.3 is 52.6 Å². The molecule has 23 heteroatoms. The van der Waals surface area contributed by atoms with Crippen LogP contribution in [0.1, 0.15) is 70.4 Å². The predicted molar refractivity (Wildman–Crippen MR) is 303 cm³/mol. The van der Waals surface area contributed by atoms with E-state index in [1.165, 1.54) is 31.6 Å². The molecule has 4 aliphatic rings. The number of aryl methyl sites for hydroxylation is 1. The number of hydrogen-bond donors (Lipinski definition) is 1. The average molecular weight is 1150 g/mol. The van der Waals surface area contributed by atoms with Crippen molar-refractivity contribution in [3.8, 4) is 28.7 Å². The second-order valence-corrected chi connectivity index (χ2v) is 22.7. The van der Waals surface area contributed by atoms with Gasteiger partial charge >= 0.3 is 20.0 Å². The Kier molecular flexibility index (Phi) is 18.6. The van der Waals surface area contributed by atoms with E-state index in [2.05, 4.69) is 15.5 Å². The lowest BCUT2D eigenvalue weighted by Crippen LogP contribution is -2.71. The Labute approximate surface area is 478 Å². The third-order valence-electron chi connectivity index (χ3n) is 14.8. The molecule has 0 saturated carbocycles. The number of oxime groups is 1. The van der Waals surface area contributed by atoms with Crippen molar-refractivity contribution in [2.75, 3.05) is 59.8 Å².